The molecule has 1 aromatic rings. The quantitative estimate of drug-likeness (QED) is 0.819. The highest BCUT2D eigenvalue weighted by Gasteiger charge is 2.25. The third-order valence-corrected chi connectivity index (χ3v) is 4.19. The third-order valence-electron chi connectivity index (χ3n) is 4.19. The molecule has 1 aromatic carbocycles. The molecule has 1 aliphatic carbocycles. The molecule has 0 saturated heterocycles. The number of fused-ring (bicyclic) bond motifs is 1. The van der Waals surface area contributed by atoms with E-state index in [0.717, 1.165) is 36.2 Å². The minimum Gasteiger partial charge on any atom is -0.329 e. The van der Waals surface area contributed by atoms with Crippen molar-refractivity contribution in [2.45, 2.75) is 45.6 Å². The highest BCUT2D eigenvalue weighted by Crippen LogP contribution is 2.35. The lowest BCUT2D eigenvalue weighted by Crippen LogP contribution is -2.33. The van der Waals surface area contributed by atoms with Crippen LogP contribution in [0, 0.1) is 0 Å². The Kier molecular flexibility index (Phi) is 4.23. The summed E-state index contributed by atoms with van der Waals surface area (Å²) in [5.74, 6) is 0.223. The standard InChI is InChI=1S/C19H22N2O/c1-14(2)21-13-20-19(15-8-4-3-5-9-15)17-11-7-6-10-16(22)12-18(17)21/h3-5,8-9,12-14H,6-7,10-11H2,1-2H3. The van der Waals surface area contributed by atoms with E-state index in [1.54, 1.807) is 0 Å². The van der Waals surface area contributed by atoms with Crippen LogP contribution in [0.5, 0.6) is 0 Å². The van der Waals surface area contributed by atoms with E-state index in [1.807, 2.05) is 30.6 Å². The van der Waals surface area contributed by atoms with E-state index in [-0.39, 0.29) is 11.8 Å². The lowest BCUT2D eigenvalue weighted by molar-refractivity contribution is -0.114. The summed E-state index contributed by atoms with van der Waals surface area (Å²) in [4.78, 5) is 19.0. The van der Waals surface area contributed by atoms with Gasteiger partial charge in [0.15, 0.2) is 5.78 Å². The van der Waals surface area contributed by atoms with Crippen molar-refractivity contribution in [2.75, 3.05) is 0 Å². The van der Waals surface area contributed by atoms with E-state index in [2.05, 4.69) is 30.9 Å². The lowest BCUT2D eigenvalue weighted by Gasteiger charge is -2.33. The molecular formula is C19H22N2O. The van der Waals surface area contributed by atoms with E-state index in [4.69, 9.17) is 4.99 Å². The van der Waals surface area contributed by atoms with Crippen LogP contribution in [0.1, 0.15) is 45.1 Å². The summed E-state index contributed by atoms with van der Waals surface area (Å²) in [6.07, 6.45) is 7.32. The van der Waals surface area contributed by atoms with Gasteiger partial charge in [0.2, 0.25) is 0 Å². The molecule has 3 heteroatoms. The van der Waals surface area contributed by atoms with Gasteiger partial charge in [-0.3, -0.25) is 4.79 Å². The number of rotatable bonds is 2. The Morgan fingerprint density at radius 1 is 1.09 bits per heavy atom. The van der Waals surface area contributed by atoms with Gasteiger partial charge < -0.3 is 4.90 Å². The van der Waals surface area contributed by atoms with Crippen LogP contribution in [0.3, 0.4) is 0 Å². The predicted molar refractivity (Wildman–Crippen MR) is 90.4 cm³/mol. The fourth-order valence-electron chi connectivity index (χ4n) is 3.03. The van der Waals surface area contributed by atoms with Gasteiger partial charge >= 0.3 is 0 Å². The van der Waals surface area contributed by atoms with Crippen LogP contribution in [0.2, 0.25) is 0 Å². The smallest absolute Gasteiger partial charge is 0.157 e. The number of hydrogen-bond donors (Lipinski definition) is 0. The molecule has 0 spiro atoms. The van der Waals surface area contributed by atoms with Gasteiger partial charge in [0.25, 0.3) is 0 Å². The number of carbonyl (C=O) groups excluding carboxylic acids is 1. The number of carbonyl (C=O) groups is 1. The number of benzene rings is 1. The number of allylic oxidation sites excluding steroid dienone is 2. The first-order valence-electron chi connectivity index (χ1n) is 8.03. The molecule has 1 heterocycles. The van der Waals surface area contributed by atoms with Gasteiger partial charge in [0.05, 0.1) is 17.7 Å². The predicted octanol–water partition coefficient (Wildman–Crippen LogP) is 4.18. The molecule has 0 unspecified atom stereocenters. The number of aliphatic imine (C=N–C) groups is 1. The minimum absolute atomic E-state index is 0.223. The molecule has 0 atom stereocenters. The summed E-state index contributed by atoms with van der Waals surface area (Å²) in [6.45, 7) is 4.25. The average molecular weight is 294 g/mol. The monoisotopic (exact) mass is 294 g/mol. The van der Waals surface area contributed by atoms with E-state index in [0.29, 0.717) is 6.42 Å². The second kappa shape index (κ2) is 6.30. The first kappa shape index (κ1) is 14.8. The summed E-state index contributed by atoms with van der Waals surface area (Å²) in [5, 5.41) is 0. The maximum Gasteiger partial charge on any atom is 0.157 e. The largest absolute Gasteiger partial charge is 0.329 e. The summed E-state index contributed by atoms with van der Waals surface area (Å²) < 4.78 is 0. The van der Waals surface area contributed by atoms with Crippen molar-refractivity contribution in [1.29, 1.82) is 0 Å². The van der Waals surface area contributed by atoms with Crippen molar-refractivity contribution < 1.29 is 4.79 Å². The van der Waals surface area contributed by atoms with Gasteiger partial charge in [-0.2, -0.15) is 0 Å². The van der Waals surface area contributed by atoms with Crippen LogP contribution in [0.15, 0.2) is 52.7 Å². The lowest BCUT2D eigenvalue weighted by atomic mass is 9.92. The van der Waals surface area contributed by atoms with E-state index >= 15 is 0 Å². The van der Waals surface area contributed by atoms with Gasteiger partial charge in [0.1, 0.15) is 0 Å². The zero-order valence-corrected chi connectivity index (χ0v) is 13.2. The van der Waals surface area contributed by atoms with Crippen LogP contribution in [0.4, 0.5) is 0 Å². The van der Waals surface area contributed by atoms with Gasteiger partial charge in [-0.05, 0) is 33.1 Å². The summed E-state index contributed by atoms with van der Waals surface area (Å²) in [6, 6.07) is 10.5. The number of ketones is 1. The Balaban J connectivity index is 2.14. The normalized spacial score (nSPS) is 19.0. The van der Waals surface area contributed by atoms with E-state index in [1.165, 1.54) is 5.57 Å². The first-order valence-corrected chi connectivity index (χ1v) is 8.03. The fraction of sp³-hybridized carbons (Fsp3) is 0.368. The molecular weight excluding hydrogens is 272 g/mol. The molecule has 0 N–H and O–H groups in total. The zero-order chi connectivity index (χ0) is 15.5. The molecule has 22 heavy (non-hydrogen) atoms. The highest BCUT2D eigenvalue weighted by molar-refractivity contribution is 5.94. The Morgan fingerprint density at radius 3 is 2.55 bits per heavy atom. The molecule has 0 aromatic heterocycles. The third kappa shape index (κ3) is 2.89. The topological polar surface area (TPSA) is 32.7 Å². The van der Waals surface area contributed by atoms with Crippen molar-refractivity contribution in [3.63, 3.8) is 0 Å². The Morgan fingerprint density at radius 2 is 1.82 bits per heavy atom. The van der Waals surface area contributed by atoms with Crippen LogP contribution >= 0.6 is 0 Å². The second-order valence-corrected chi connectivity index (χ2v) is 6.14. The molecule has 0 radical (unpaired) electrons. The van der Waals surface area contributed by atoms with E-state index in [9.17, 15) is 4.79 Å². The zero-order valence-electron chi connectivity index (χ0n) is 13.2. The maximum atomic E-state index is 12.1. The minimum atomic E-state index is 0.223. The van der Waals surface area contributed by atoms with Crippen molar-refractivity contribution in [2.24, 2.45) is 4.99 Å². The molecule has 0 amide bonds. The maximum absolute atomic E-state index is 12.1. The Hall–Kier alpha value is -2.16. The summed E-state index contributed by atoms with van der Waals surface area (Å²) >= 11 is 0. The average Bonchev–Trinajstić information content (AvgIpc) is 2.50. The Labute approximate surface area is 132 Å². The molecule has 1 aliphatic heterocycles. The van der Waals surface area contributed by atoms with Crippen LogP contribution in [-0.2, 0) is 4.79 Å². The van der Waals surface area contributed by atoms with E-state index < -0.39 is 0 Å². The molecule has 3 nitrogen and oxygen atoms in total. The van der Waals surface area contributed by atoms with Crippen LogP contribution in [-0.4, -0.2) is 23.1 Å². The molecule has 0 fully saturated rings. The first-order chi connectivity index (χ1) is 10.7. The SMILES string of the molecule is CC(C)N1C=NC(c2ccccc2)=C2CCCCC(=O)C=C21. The summed E-state index contributed by atoms with van der Waals surface area (Å²) in [5.41, 5.74) is 4.37. The van der Waals surface area contributed by atoms with Gasteiger partial charge in [-0.25, -0.2) is 4.99 Å². The molecule has 0 bridgehead atoms. The van der Waals surface area contributed by atoms with Crippen molar-refractivity contribution in [1.82, 2.24) is 4.90 Å². The Bertz CT molecular complexity index is 653. The summed E-state index contributed by atoms with van der Waals surface area (Å²) in [7, 11) is 0. The van der Waals surface area contributed by atoms with Gasteiger partial charge in [-0.1, -0.05) is 30.3 Å². The number of nitrogens with zero attached hydrogens (tertiary/aromatic N) is 2. The van der Waals surface area contributed by atoms with Crippen LogP contribution in [0.25, 0.3) is 5.70 Å². The highest BCUT2D eigenvalue weighted by atomic mass is 16.1. The fourth-order valence-corrected chi connectivity index (χ4v) is 3.03. The molecule has 114 valence electrons. The van der Waals surface area contributed by atoms with Crippen LogP contribution < -0.4 is 0 Å². The number of hydrogen-bond acceptors (Lipinski definition) is 3. The van der Waals surface area contributed by atoms with Crippen molar-refractivity contribution >= 4 is 17.8 Å². The van der Waals surface area contributed by atoms with Crippen molar-refractivity contribution in [3.05, 3.63) is 53.2 Å². The molecule has 2 aliphatic rings. The molecule has 3 rings (SSSR count). The second-order valence-electron chi connectivity index (χ2n) is 6.14. The van der Waals surface area contributed by atoms with Crippen molar-refractivity contribution in [3.8, 4) is 0 Å². The molecule has 0 saturated carbocycles. The van der Waals surface area contributed by atoms with Gasteiger partial charge in [0, 0.05) is 29.7 Å². The van der Waals surface area contributed by atoms with Gasteiger partial charge in [-0.15, -0.1) is 0 Å².